The molecule has 3 N–H and O–H groups in total. The molecule has 0 heterocycles. The molecule has 0 fully saturated rings. The number of anilines is 1. The monoisotopic (exact) mass is 193 g/mol. The van der Waals surface area contributed by atoms with Crippen molar-refractivity contribution in [1.82, 2.24) is 0 Å². The molecule has 0 saturated carbocycles. The van der Waals surface area contributed by atoms with Crippen molar-refractivity contribution in [2.75, 3.05) is 5.73 Å². The Morgan fingerprint density at radius 1 is 1.14 bits per heavy atom. The molecule has 0 saturated heterocycles. The summed E-state index contributed by atoms with van der Waals surface area (Å²) >= 11 is 0. The van der Waals surface area contributed by atoms with Gasteiger partial charge in [0.25, 0.3) is 0 Å². The van der Waals surface area contributed by atoms with E-state index in [4.69, 9.17) is 5.73 Å². The van der Waals surface area contributed by atoms with E-state index in [9.17, 15) is 5.11 Å². The maximum Gasteiger partial charge on any atom is 0.0917 e. The molecule has 0 aliphatic carbocycles. The SMILES string of the molecule is CC(C)(C)C(C)(O)c1cccc(N)c1. The fraction of sp³-hybridized carbons (Fsp3) is 0.500. The normalized spacial score (nSPS) is 16.4. The van der Waals surface area contributed by atoms with Crippen molar-refractivity contribution in [2.24, 2.45) is 5.41 Å². The molecular formula is C12H19NO. The van der Waals surface area contributed by atoms with Crippen LogP contribution in [0.5, 0.6) is 0 Å². The van der Waals surface area contributed by atoms with Crippen molar-refractivity contribution in [2.45, 2.75) is 33.3 Å². The van der Waals surface area contributed by atoms with Gasteiger partial charge in [-0.25, -0.2) is 0 Å². The summed E-state index contributed by atoms with van der Waals surface area (Å²) in [5.74, 6) is 0. The highest BCUT2D eigenvalue weighted by molar-refractivity contribution is 5.42. The lowest BCUT2D eigenvalue weighted by molar-refractivity contribution is -0.0469. The minimum Gasteiger partial charge on any atom is -0.399 e. The van der Waals surface area contributed by atoms with Crippen LogP contribution in [-0.4, -0.2) is 5.11 Å². The van der Waals surface area contributed by atoms with Gasteiger partial charge in [0.05, 0.1) is 5.60 Å². The summed E-state index contributed by atoms with van der Waals surface area (Å²) in [6, 6.07) is 7.42. The van der Waals surface area contributed by atoms with Crippen LogP contribution in [0.2, 0.25) is 0 Å². The maximum atomic E-state index is 10.4. The Hall–Kier alpha value is -1.02. The number of nitrogens with two attached hydrogens (primary N) is 1. The first-order chi connectivity index (χ1) is 6.25. The lowest BCUT2D eigenvalue weighted by Gasteiger charge is -2.37. The number of nitrogen functional groups attached to an aromatic ring is 1. The molecular weight excluding hydrogens is 174 g/mol. The Morgan fingerprint density at radius 3 is 2.14 bits per heavy atom. The van der Waals surface area contributed by atoms with E-state index >= 15 is 0 Å². The molecule has 2 heteroatoms. The Bertz CT molecular complexity index is 323. The number of rotatable bonds is 1. The van der Waals surface area contributed by atoms with Crippen LogP contribution in [0.4, 0.5) is 5.69 Å². The lowest BCUT2D eigenvalue weighted by atomic mass is 9.73. The Morgan fingerprint density at radius 2 is 1.71 bits per heavy atom. The van der Waals surface area contributed by atoms with Gasteiger partial charge in [0.2, 0.25) is 0 Å². The fourth-order valence-corrected chi connectivity index (χ4v) is 1.27. The van der Waals surface area contributed by atoms with Crippen molar-refractivity contribution in [1.29, 1.82) is 0 Å². The number of hydrogen-bond donors (Lipinski definition) is 2. The highest BCUT2D eigenvalue weighted by Crippen LogP contribution is 2.39. The van der Waals surface area contributed by atoms with Gasteiger partial charge in [-0.1, -0.05) is 32.9 Å². The second-order valence-electron chi connectivity index (χ2n) is 4.95. The van der Waals surface area contributed by atoms with Crippen LogP contribution in [0, 0.1) is 5.41 Å². The Kier molecular flexibility index (Phi) is 2.59. The zero-order valence-corrected chi connectivity index (χ0v) is 9.33. The van der Waals surface area contributed by atoms with E-state index < -0.39 is 5.60 Å². The third-order valence-corrected chi connectivity index (χ3v) is 2.91. The molecule has 1 atom stereocenters. The molecule has 78 valence electrons. The molecule has 0 amide bonds. The van der Waals surface area contributed by atoms with Gasteiger partial charge in [-0.3, -0.25) is 0 Å². The molecule has 1 rings (SSSR count). The number of hydrogen-bond acceptors (Lipinski definition) is 2. The van der Waals surface area contributed by atoms with Gasteiger partial charge in [-0.2, -0.15) is 0 Å². The largest absolute Gasteiger partial charge is 0.399 e. The smallest absolute Gasteiger partial charge is 0.0917 e. The first-order valence-corrected chi connectivity index (χ1v) is 4.83. The molecule has 14 heavy (non-hydrogen) atoms. The van der Waals surface area contributed by atoms with Crippen LogP contribution in [0.15, 0.2) is 24.3 Å². The van der Waals surface area contributed by atoms with Crippen LogP contribution in [0.1, 0.15) is 33.3 Å². The third kappa shape index (κ3) is 1.90. The van der Waals surface area contributed by atoms with Crippen LogP contribution < -0.4 is 5.73 Å². The minimum absolute atomic E-state index is 0.208. The summed E-state index contributed by atoms with van der Waals surface area (Å²) in [4.78, 5) is 0. The average molecular weight is 193 g/mol. The van der Waals surface area contributed by atoms with E-state index in [-0.39, 0.29) is 5.41 Å². The standard InChI is InChI=1S/C12H19NO/c1-11(2,3)12(4,14)9-6-5-7-10(13)8-9/h5-8,14H,13H2,1-4H3. The molecule has 1 unspecified atom stereocenters. The summed E-state index contributed by atoms with van der Waals surface area (Å²) in [7, 11) is 0. The van der Waals surface area contributed by atoms with Crippen molar-refractivity contribution in [3.05, 3.63) is 29.8 Å². The van der Waals surface area contributed by atoms with Crippen LogP contribution in [0.25, 0.3) is 0 Å². The van der Waals surface area contributed by atoms with E-state index in [2.05, 4.69) is 0 Å². The lowest BCUT2D eigenvalue weighted by Crippen LogP contribution is -2.36. The highest BCUT2D eigenvalue weighted by Gasteiger charge is 2.36. The van der Waals surface area contributed by atoms with E-state index in [1.165, 1.54) is 0 Å². The minimum atomic E-state index is -0.859. The highest BCUT2D eigenvalue weighted by atomic mass is 16.3. The van der Waals surface area contributed by atoms with Gasteiger partial charge in [-0.05, 0) is 30.0 Å². The quantitative estimate of drug-likeness (QED) is 0.673. The van der Waals surface area contributed by atoms with Crippen LogP contribution >= 0.6 is 0 Å². The predicted octanol–water partition coefficient (Wildman–Crippen LogP) is 2.52. The summed E-state index contributed by atoms with van der Waals surface area (Å²) in [6.45, 7) is 7.85. The second-order valence-corrected chi connectivity index (χ2v) is 4.95. The summed E-state index contributed by atoms with van der Waals surface area (Å²) in [6.07, 6.45) is 0. The van der Waals surface area contributed by atoms with Gasteiger partial charge in [0.15, 0.2) is 0 Å². The first-order valence-electron chi connectivity index (χ1n) is 4.83. The fourth-order valence-electron chi connectivity index (χ4n) is 1.27. The molecule has 1 aromatic rings. The third-order valence-electron chi connectivity index (χ3n) is 2.91. The molecule has 0 radical (unpaired) electrons. The average Bonchev–Trinajstić information content (AvgIpc) is 2.02. The van der Waals surface area contributed by atoms with E-state index in [0.29, 0.717) is 5.69 Å². The van der Waals surface area contributed by atoms with Crippen molar-refractivity contribution >= 4 is 5.69 Å². The van der Waals surface area contributed by atoms with Gasteiger partial charge in [0.1, 0.15) is 0 Å². The zero-order valence-electron chi connectivity index (χ0n) is 9.33. The molecule has 0 aliphatic rings. The maximum absolute atomic E-state index is 10.4. The summed E-state index contributed by atoms with van der Waals surface area (Å²) in [5.41, 5.74) is 6.17. The van der Waals surface area contributed by atoms with Gasteiger partial charge >= 0.3 is 0 Å². The summed E-state index contributed by atoms with van der Waals surface area (Å²) < 4.78 is 0. The number of aliphatic hydroxyl groups is 1. The first kappa shape index (κ1) is 11.1. The molecule has 0 aromatic heterocycles. The zero-order chi connectivity index (χ0) is 11.0. The molecule has 1 aromatic carbocycles. The molecule has 0 aliphatic heterocycles. The predicted molar refractivity (Wildman–Crippen MR) is 59.9 cm³/mol. The van der Waals surface area contributed by atoms with Crippen molar-refractivity contribution in [3.63, 3.8) is 0 Å². The van der Waals surface area contributed by atoms with Gasteiger partial charge < -0.3 is 10.8 Å². The van der Waals surface area contributed by atoms with Gasteiger partial charge in [-0.15, -0.1) is 0 Å². The van der Waals surface area contributed by atoms with Crippen molar-refractivity contribution in [3.8, 4) is 0 Å². The van der Waals surface area contributed by atoms with Crippen LogP contribution in [-0.2, 0) is 5.60 Å². The molecule has 0 spiro atoms. The van der Waals surface area contributed by atoms with E-state index in [1.807, 2.05) is 52.0 Å². The van der Waals surface area contributed by atoms with Gasteiger partial charge in [0, 0.05) is 5.69 Å². The van der Waals surface area contributed by atoms with E-state index in [1.54, 1.807) is 0 Å². The van der Waals surface area contributed by atoms with E-state index in [0.717, 1.165) is 5.56 Å². The van der Waals surface area contributed by atoms with Crippen molar-refractivity contribution < 1.29 is 5.11 Å². The van der Waals surface area contributed by atoms with Crippen LogP contribution in [0.3, 0.4) is 0 Å². The topological polar surface area (TPSA) is 46.2 Å². The second kappa shape index (κ2) is 3.28. The Labute approximate surface area is 85.8 Å². The Balaban J connectivity index is 3.16. The summed E-state index contributed by atoms with van der Waals surface area (Å²) in [5, 5.41) is 10.4. The molecule has 0 bridgehead atoms. The molecule has 2 nitrogen and oxygen atoms in total. The number of benzene rings is 1.